The van der Waals surface area contributed by atoms with E-state index in [1.54, 1.807) is 0 Å². The van der Waals surface area contributed by atoms with Crippen LogP contribution in [0.5, 0.6) is 0 Å². The predicted octanol–water partition coefficient (Wildman–Crippen LogP) is 2.70. The van der Waals surface area contributed by atoms with Crippen LogP contribution in [0.25, 0.3) is 10.1 Å². The Balaban J connectivity index is 1.80. The Morgan fingerprint density at radius 3 is 3.12 bits per heavy atom. The fourth-order valence-corrected chi connectivity index (χ4v) is 3.52. The van der Waals surface area contributed by atoms with Crippen molar-refractivity contribution in [3.05, 3.63) is 35.2 Å². The van der Waals surface area contributed by atoms with Crippen molar-refractivity contribution in [2.45, 2.75) is 19.0 Å². The molecule has 0 aliphatic carbocycles. The lowest BCUT2D eigenvalue weighted by Crippen LogP contribution is -2.32. The van der Waals surface area contributed by atoms with Gasteiger partial charge in [-0.15, -0.1) is 11.3 Å². The minimum absolute atomic E-state index is 0.702. The molecule has 0 bridgehead atoms. The van der Waals surface area contributed by atoms with Crippen LogP contribution in [-0.2, 0) is 6.54 Å². The molecule has 0 amide bonds. The fraction of sp³-hybridized carbons (Fsp3) is 0.429. The molecule has 2 heterocycles. The van der Waals surface area contributed by atoms with E-state index < -0.39 is 0 Å². The molecule has 0 saturated carbocycles. The molecule has 1 aliphatic rings. The number of hydrogen-bond acceptors (Lipinski definition) is 3. The van der Waals surface area contributed by atoms with Gasteiger partial charge in [0.2, 0.25) is 0 Å². The van der Waals surface area contributed by atoms with E-state index in [2.05, 4.69) is 46.9 Å². The number of thiophene rings is 1. The lowest BCUT2D eigenvalue weighted by Gasteiger charge is -2.23. The molecule has 90 valence electrons. The number of fused-ring (bicyclic) bond motifs is 1. The molecule has 1 aliphatic heterocycles. The van der Waals surface area contributed by atoms with Crippen LogP contribution in [0, 0.1) is 0 Å². The van der Waals surface area contributed by atoms with Gasteiger partial charge in [-0.2, -0.15) is 0 Å². The highest BCUT2D eigenvalue weighted by atomic mass is 32.1. The van der Waals surface area contributed by atoms with Gasteiger partial charge in [0.1, 0.15) is 0 Å². The molecule has 1 saturated heterocycles. The SMILES string of the molecule is CN(Cc1csc2ccccc12)C1CCNC1. The molecule has 2 aromatic rings. The number of nitrogens with zero attached hydrogens (tertiary/aromatic N) is 1. The van der Waals surface area contributed by atoms with Crippen LogP contribution in [-0.4, -0.2) is 31.1 Å². The minimum atomic E-state index is 0.702. The van der Waals surface area contributed by atoms with Crippen LogP contribution in [0.2, 0.25) is 0 Å². The Morgan fingerprint density at radius 1 is 1.41 bits per heavy atom. The predicted molar refractivity (Wildman–Crippen MR) is 74.6 cm³/mol. The van der Waals surface area contributed by atoms with Crippen molar-refractivity contribution in [3.8, 4) is 0 Å². The molecular formula is C14H18N2S. The van der Waals surface area contributed by atoms with E-state index >= 15 is 0 Å². The zero-order valence-corrected chi connectivity index (χ0v) is 11.0. The van der Waals surface area contributed by atoms with Gasteiger partial charge in [0.25, 0.3) is 0 Å². The summed E-state index contributed by atoms with van der Waals surface area (Å²) >= 11 is 1.86. The number of rotatable bonds is 3. The summed E-state index contributed by atoms with van der Waals surface area (Å²) in [6.07, 6.45) is 1.28. The molecule has 1 aromatic carbocycles. The van der Waals surface area contributed by atoms with Gasteiger partial charge < -0.3 is 5.32 Å². The largest absolute Gasteiger partial charge is 0.315 e. The second kappa shape index (κ2) is 4.77. The highest BCUT2D eigenvalue weighted by molar-refractivity contribution is 7.17. The van der Waals surface area contributed by atoms with E-state index in [4.69, 9.17) is 0 Å². The first-order valence-electron chi connectivity index (χ1n) is 6.20. The topological polar surface area (TPSA) is 15.3 Å². The minimum Gasteiger partial charge on any atom is -0.315 e. The fourth-order valence-electron chi connectivity index (χ4n) is 2.57. The number of benzene rings is 1. The van der Waals surface area contributed by atoms with Gasteiger partial charge in [0.05, 0.1) is 0 Å². The summed E-state index contributed by atoms with van der Waals surface area (Å²) in [4.78, 5) is 2.48. The smallest absolute Gasteiger partial charge is 0.0346 e. The Labute approximate surface area is 106 Å². The van der Waals surface area contributed by atoms with Crippen LogP contribution in [0.15, 0.2) is 29.6 Å². The third-order valence-corrected chi connectivity index (χ3v) is 4.65. The quantitative estimate of drug-likeness (QED) is 0.896. The lowest BCUT2D eigenvalue weighted by atomic mass is 10.1. The maximum atomic E-state index is 3.43. The van der Waals surface area contributed by atoms with E-state index in [9.17, 15) is 0 Å². The molecule has 1 N–H and O–H groups in total. The number of likely N-dealkylation sites (N-methyl/N-ethyl adjacent to an activating group) is 1. The standard InChI is InChI=1S/C14H18N2S/c1-16(12-6-7-15-8-12)9-11-10-17-14-5-3-2-4-13(11)14/h2-5,10,12,15H,6-9H2,1H3. The molecule has 1 fully saturated rings. The Kier molecular flexibility index (Phi) is 3.14. The summed E-state index contributed by atoms with van der Waals surface area (Å²) < 4.78 is 1.40. The van der Waals surface area contributed by atoms with E-state index in [-0.39, 0.29) is 0 Å². The Bertz CT molecular complexity index is 500. The second-order valence-electron chi connectivity index (χ2n) is 4.82. The summed E-state index contributed by atoms with van der Waals surface area (Å²) in [5, 5.41) is 7.17. The van der Waals surface area contributed by atoms with Crippen molar-refractivity contribution >= 4 is 21.4 Å². The maximum absolute atomic E-state index is 3.43. The molecule has 3 rings (SSSR count). The Morgan fingerprint density at radius 2 is 2.29 bits per heavy atom. The molecule has 1 aromatic heterocycles. The normalized spacial score (nSPS) is 20.5. The van der Waals surface area contributed by atoms with Crippen molar-refractivity contribution in [1.29, 1.82) is 0 Å². The van der Waals surface area contributed by atoms with Gasteiger partial charge in [0, 0.05) is 23.8 Å². The molecule has 3 heteroatoms. The van der Waals surface area contributed by atoms with Gasteiger partial charge >= 0.3 is 0 Å². The highest BCUT2D eigenvalue weighted by Gasteiger charge is 2.19. The summed E-state index contributed by atoms with van der Waals surface area (Å²) in [6.45, 7) is 3.37. The molecule has 2 nitrogen and oxygen atoms in total. The first-order chi connectivity index (χ1) is 8.34. The van der Waals surface area contributed by atoms with Crippen LogP contribution in [0.3, 0.4) is 0 Å². The lowest BCUT2D eigenvalue weighted by molar-refractivity contribution is 0.250. The third kappa shape index (κ3) is 2.23. The van der Waals surface area contributed by atoms with Gasteiger partial charge in [-0.1, -0.05) is 18.2 Å². The van der Waals surface area contributed by atoms with E-state index in [0.717, 1.165) is 13.1 Å². The second-order valence-corrected chi connectivity index (χ2v) is 5.73. The van der Waals surface area contributed by atoms with Crippen LogP contribution >= 0.6 is 11.3 Å². The first-order valence-corrected chi connectivity index (χ1v) is 7.08. The molecule has 1 atom stereocenters. The molecule has 0 radical (unpaired) electrons. The van der Waals surface area contributed by atoms with Crippen molar-refractivity contribution in [3.63, 3.8) is 0 Å². The molecule has 1 unspecified atom stereocenters. The van der Waals surface area contributed by atoms with Gasteiger partial charge in [-0.3, -0.25) is 4.90 Å². The summed E-state index contributed by atoms with van der Waals surface area (Å²) in [6, 6.07) is 9.40. The molecular weight excluding hydrogens is 228 g/mol. The zero-order valence-electron chi connectivity index (χ0n) is 10.1. The van der Waals surface area contributed by atoms with Crippen molar-refractivity contribution < 1.29 is 0 Å². The maximum Gasteiger partial charge on any atom is 0.0346 e. The average molecular weight is 246 g/mol. The van der Waals surface area contributed by atoms with E-state index in [0.29, 0.717) is 6.04 Å². The third-order valence-electron chi connectivity index (χ3n) is 3.64. The van der Waals surface area contributed by atoms with Crippen LogP contribution in [0.1, 0.15) is 12.0 Å². The number of hydrogen-bond donors (Lipinski definition) is 1. The van der Waals surface area contributed by atoms with Crippen molar-refractivity contribution in [2.75, 3.05) is 20.1 Å². The summed E-state index contributed by atoms with van der Waals surface area (Å²) in [5.41, 5.74) is 1.47. The van der Waals surface area contributed by atoms with Crippen molar-refractivity contribution in [2.24, 2.45) is 0 Å². The summed E-state index contributed by atoms with van der Waals surface area (Å²) in [7, 11) is 2.24. The van der Waals surface area contributed by atoms with Crippen molar-refractivity contribution in [1.82, 2.24) is 10.2 Å². The van der Waals surface area contributed by atoms with E-state index in [1.807, 2.05) is 11.3 Å². The van der Waals surface area contributed by atoms with Crippen LogP contribution < -0.4 is 5.32 Å². The van der Waals surface area contributed by atoms with Gasteiger partial charge in [0.15, 0.2) is 0 Å². The molecule has 0 spiro atoms. The highest BCUT2D eigenvalue weighted by Crippen LogP contribution is 2.27. The average Bonchev–Trinajstić information content (AvgIpc) is 2.98. The zero-order chi connectivity index (χ0) is 11.7. The monoisotopic (exact) mass is 246 g/mol. The van der Waals surface area contributed by atoms with Gasteiger partial charge in [-0.25, -0.2) is 0 Å². The van der Waals surface area contributed by atoms with E-state index in [1.165, 1.54) is 28.6 Å². The summed E-state index contributed by atoms with van der Waals surface area (Å²) in [5.74, 6) is 0. The Hall–Kier alpha value is -0.900. The first kappa shape index (κ1) is 11.2. The number of nitrogens with one attached hydrogen (secondary N) is 1. The van der Waals surface area contributed by atoms with Crippen LogP contribution in [0.4, 0.5) is 0 Å². The van der Waals surface area contributed by atoms with Gasteiger partial charge in [-0.05, 0) is 42.4 Å². The molecule has 17 heavy (non-hydrogen) atoms.